The van der Waals surface area contributed by atoms with E-state index in [1.807, 2.05) is 13.8 Å². The Morgan fingerprint density at radius 2 is 1.72 bits per heavy atom. The maximum atomic E-state index is 12.9. The highest BCUT2D eigenvalue weighted by Gasteiger charge is 2.43. The SMILES string of the molecule is CCN(CC)CC.COC(=O)C1N=C(c2ccc(F)cc2)SC1(C)C. The minimum Gasteiger partial charge on any atom is -0.467 e. The molecule has 0 saturated carbocycles. The highest BCUT2D eigenvalue weighted by Crippen LogP contribution is 2.40. The van der Waals surface area contributed by atoms with Gasteiger partial charge in [0, 0.05) is 10.3 Å². The molecule has 2 rings (SSSR count). The molecule has 0 spiro atoms. The summed E-state index contributed by atoms with van der Waals surface area (Å²) in [4.78, 5) is 18.4. The fraction of sp³-hybridized carbons (Fsp3) is 0.579. The van der Waals surface area contributed by atoms with E-state index >= 15 is 0 Å². The third-order valence-corrected chi connectivity index (χ3v) is 5.41. The number of nitrogens with zero attached hydrogens (tertiary/aromatic N) is 2. The Labute approximate surface area is 154 Å². The molecule has 0 aliphatic carbocycles. The normalized spacial score (nSPS) is 18.4. The van der Waals surface area contributed by atoms with E-state index in [1.54, 1.807) is 12.1 Å². The number of benzene rings is 1. The van der Waals surface area contributed by atoms with Crippen LogP contribution in [0.2, 0.25) is 0 Å². The van der Waals surface area contributed by atoms with Gasteiger partial charge in [-0.1, -0.05) is 32.5 Å². The van der Waals surface area contributed by atoms with Gasteiger partial charge in [0.15, 0.2) is 6.04 Å². The van der Waals surface area contributed by atoms with Gasteiger partial charge in [-0.15, -0.1) is 0 Å². The lowest BCUT2D eigenvalue weighted by molar-refractivity contribution is -0.142. The fourth-order valence-corrected chi connectivity index (χ4v) is 3.62. The summed E-state index contributed by atoms with van der Waals surface area (Å²) in [5, 5.41) is 0.746. The summed E-state index contributed by atoms with van der Waals surface area (Å²) in [6.45, 7) is 14.0. The van der Waals surface area contributed by atoms with Crippen LogP contribution in [-0.4, -0.2) is 53.4 Å². The smallest absolute Gasteiger partial charge is 0.332 e. The van der Waals surface area contributed by atoms with Crippen molar-refractivity contribution in [3.8, 4) is 0 Å². The fourth-order valence-electron chi connectivity index (χ4n) is 2.45. The summed E-state index contributed by atoms with van der Waals surface area (Å²) in [5.41, 5.74) is 0.820. The first kappa shape index (κ1) is 21.6. The van der Waals surface area contributed by atoms with Crippen LogP contribution in [0.25, 0.3) is 0 Å². The summed E-state index contributed by atoms with van der Waals surface area (Å²) in [6.07, 6.45) is 0. The van der Waals surface area contributed by atoms with Crippen molar-refractivity contribution < 1.29 is 13.9 Å². The number of carbonyl (C=O) groups excluding carboxylic acids is 1. The molecule has 0 N–H and O–H groups in total. The molecule has 1 aliphatic rings. The van der Waals surface area contributed by atoms with Crippen LogP contribution in [0.1, 0.15) is 40.2 Å². The van der Waals surface area contributed by atoms with Gasteiger partial charge in [0.1, 0.15) is 5.82 Å². The van der Waals surface area contributed by atoms with Gasteiger partial charge in [-0.25, -0.2) is 9.18 Å². The maximum Gasteiger partial charge on any atom is 0.332 e. The second kappa shape index (κ2) is 9.92. The summed E-state index contributed by atoms with van der Waals surface area (Å²) in [5.74, 6) is -0.629. The predicted molar refractivity (Wildman–Crippen MR) is 104 cm³/mol. The van der Waals surface area contributed by atoms with E-state index in [0.29, 0.717) is 0 Å². The van der Waals surface area contributed by atoms with Gasteiger partial charge in [0.25, 0.3) is 0 Å². The van der Waals surface area contributed by atoms with E-state index in [0.717, 1.165) is 10.6 Å². The Morgan fingerprint density at radius 3 is 2.12 bits per heavy atom. The van der Waals surface area contributed by atoms with Crippen molar-refractivity contribution in [3.63, 3.8) is 0 Å². The third-order valence-electron chi connectivity index (χ3n) is 4.12. The highest BCUT2D eigenvalue weighted by molar-refractivity contribution is 8.15. The second-order valence-electron chi connectivity index (χ2n) is 6.19. The molecule has 140 valence electrons. The van der Waals surface area contributed by atoms with Crippen LogP contribution >= 0.6 is 11.8 Å². The molecule has 0 fully saturated rings. The van der Waals surface area contributed by atoms with E-state index in [9.17, 15) is 9.18 Å². The number of halogens is 1. The van der Waals surface area contributed by atoms with Gasteiger partial charge in [0.2, 0.25) is 0 Å². The molecule has 1 aliphatic heterocycles. The van der Waals surface area contributed by atoms with Crippen molar-refractivity contribution in [1.82, 2.24) is 4.90 Å². The standard InChI is InChI=1S/C13H14FNO2S.C6H15N/c1-13(2)10(12(16)17-3)15-11(18-13)8-4-6-9(14)7-5-8;1-4-7(5-2)6-3/h4-7,10H,1-3H3;4-6H2,1-3H3. The van der Waals surface area contributed by atoms with Crippen LogP contribution in [0.15, 0.2) is 29.3 Å². The first-order valence-electron chi connectivity index (χ1n) is 8.61. The molecule has 4 nitrogen and oxygen atoms in total. The lowest BCUT2D eigenvalue weighted by Gasteiger charge is -2.21. The van der Waals surface area contributed by atoms with E-state index in [4.69, 9.17) is 4.74 Å². The summed E-state index contributed by atoms with van der Waals surface area (Å²) in [6, 6.07) is 5.58. The molecule has 1 aromatic rings. The van der Waals surface area contributed by atoms with Gasteiger partial charge in [0.05, 0.1) is 12.2 Å². The number of aliphatic imine (C=N–C) groups is 1. The van der Waals surface area contributed by atoms with Crippen LogP contribution in [0.5, 0.6) is 0 Å². The molecule has 0 aromatic heterocycles. The van der Waals surface area contributed by atoms with E-state index in [2.05, 4.69) is 30.7 Å². The number of esters is 1. The van der Waals surface area contributed by atoms with E-state index < -0.39 is 6.04 Å². The number of hydrogen-bond donors (Lipinski definition) is 0. The van der Waals surface area contributed by atoms with Crippen molar-refractivity contribution in [2.24, 2.45) is 4.99 Å². The van der Waals surface area contributed by atoms with Crippen molar-refractivity contribution in [1.29, 1.82) is 0 Å². The average Bonchev–Trinajstić information content (AvgIpc) is 2.92. The first-order valence-corrected chi connectivity index (χ1v) is 9.43. The Morgan fingerprint density at radius 1 is 1.20 bits per heavy atom. The minimum atomic E-state index is -0.521. The topological polar surface area (TPSA) is 41.9 Å². The molecule has 1 aromatic carbocycles. The average molecular weight is 369 g/mol. The molecule has 25 heavy (non-hydrogen) atoms. The monoisotopic (exact) mass is 368 g/mol. The van der Waals surface area contributed by atoms with E-state index in [1.165, 1.54) is 50.6 Å². The Hall–Kier alpha value is -1.40. The van der Waals surface area contributed by atoms with Crippen LogP contribution in [0.4, 0.5) is 4.39 Å². The Balaban J connectivity index is 0.000000381. The van der Waals surface area contributed by atoms with Crippen molar-refractivity contribution >= 4 is 22.8 Å². The quantitative estimate of drug-likeness (QED) is 0.737. The van der Waals surface area contributed by atoms with Gasteiger partial charge in [-0.2, -0.15) is 0 Å². The zero-order valence-electron chi connectivity index (χ0n) is 16.0. The first-order chi connectivity index (χ1) is 11.8. The number of hydrogen-bond acceptors (Lipinski definition) is 5. The van der Waals surface area contributed by atoms with E-state index in [-0.39, 0.29) is 16.5 Å². The molecule has 0 amide bonds. The Bertz CT molecular complexity index is 578. The maximum absolute atomic E-state index is 12.9. The largest absolute Gasteiger partial charge is 0.467 e. The van der Waals surface area contributed by atoms with Gasteiger partial charge < -0.3 is 9.64 Å². The van der Waals surface area contributed by atoms with Crippen LogP contribution in [0.3, 0.4) is 0 Å². The van der Waals surface area contributed by atoms with Crippen molar-refractivity contribution in [2.45, 2.75) is 45.4 Å². The third kappa shape index (κ3) is 6.12. The molecule has 1 atom stereocenters. The van der Waals surface area contributed by atoms with Gasteiger partial charge in [-0.05, 0) is 57.7 Å². The molecular weight excluding hydrogens is 339 g/mol. The summed E-state index contributed by atoms with van der Waals surface area (Å²) >= 11 is 1.51. The number of thioether (sulfide) groups is 1. The lowest BCUT2D eigenvalue weighted by Crippen LogP contribution is -2.35. The zero-order valence-corrected chi connectivity index (χ0v) is 16.8. The minimum absolute atomic E-state index is 0.286. The van der Waals surface area contributed by atoms with Crippen molar-refractivity contribution in [2.75, 3.05) is 26.7 Å². The molecule has 6 heteroatoms. The molecule has 1 unspecified atom stereocenters. The highest BCUT2D eigenvalue weighted by atomic mass is 32.2. The summed E-state index contributed by atoms with van der Waals surface area (Å²) in [7, 11) is 1.36. The van der Waals surface area contributed by atoms with Gasteiger partial charge in [-0.3, -0.25) is 4.99 Å². The van der Waals surface area contributed by atoms with Crippen molar-refractivity contribution in [3.05, 3.63) is 35.6 Å². The number of rotatable bonds is 5. The molecular formula is C19H29FN2O2S. The number of methoxy groups -OCH3 is 1. The Kier molecular flexibility index (Phi) is 8.59. The molecule has 0 bridgehead atoms. The second-order valence-corrected chi connectivity index (χ2v) is 7.83. The number of ether oxygens (including phenoxy) is 1. The van der Waals surface area contributed by atoms with Crippen LogP contribution in [-0.2, 0) is 9.53 Å². The lowest BCUT2D eigenvalue weighted by atomic mass is 10.0. The number of carbonyl (C=O) groups is 1. The molecule has 0 radical (unpaired) electrons. The molecule has 1 heterocycles. The summed E-state index contributed by atoms with van der Waals surface area (Å²) < 4.78 is 17.3. The van der Waals surface area contributed by atoms with Crippen LogP contribution < -0.4 is 0 Å². The molecule has 0 saturated heterocycles. The zero-order chi connectivity index (χ0) is 19.0. The predicted octanol–water partition coefficient (Wildman–Crippen LogP) is 3.99. The van der Waals surface area contributed by atoms with Crippen LogP contribution in [0, 0.1) is 5.82 Å². The van der Waals surface area contributed by atoms with Gasteiger partial charge >= 0.3 is 5.97 Å².